The molecule has 0 spiro atoms. The summed E-state index contributed by atoms with van der Waals surface area (Å²) in [6.45, 7) is 33.6. The number of allylic oxidation sites excluding steroid dienone is 1. The third-order valence-electron chi connectivity index (χ3n) is 52.4. The summed E-state index contributed by atoms with van der Waals surface area (Å²) < 4.78 is 0. The molecule has 24 aliphatic rings. The van der Waals surface area contributed by atoms with Gasteiger partial charge in [-0.15, -0.1) is 58.0 Å². The maximum atomic E-state index is 10.3. The van der Waals surface area contributed by atoms with Crippen molar-refractivity contribution in [3.63, 3.8) is 0 Å². The van der Waals surface area contributed by atoms with Crippen LogP contribution in [0.1, 0.15) is 462 Å². The van der Waals surface area contributed by atoms with Gasteiger partial charge in [0.2, 0.25) is 0 Å². The second-order valence-corrected chi connectivity index (χ2v) is 61.2. The number of fused-ring (bicyclic) bond motifs is 30. The fourth-order valence-electron chi connectivity index (χ4n) is 44.4. The molecule has 0 aromatic heterocycles. The summed E-state index contributed by atoms with van der Waals surface area (Å²) >= 11 is 32.6. The van der Waals surface area contributed by atoms with Gasteiger partial charge in [-0.05, 0) is 509 Å². The van der Waals surface area contributed by atoms with Crippen molar-refractivity contribution in [2.24, 2.45) is 207 Å². The first-order chi connectivity index (χ1) is 65.1. The number of carboxylic acid groups (broad SMARTS) is 3. The van der Waals surface area contributed by atoms with E-state index >= 15 is 0 Å². The number of hydrogen-bond donors (Lipinski definition) is 13. The zero-order valence-electron chi connectivity index (χ0n) is 93.3. The fourth-order valence-corrected chi connectivity index (χ4v) is 46.4. The molecule has 0 aromatic carbocycles. The van der Waals surface area contributed by atoms with Gasteiger partial charge in [0.1, 0.15) is 0 Å². The molecule has 23 saturated carbocycles. The van der Waals surface area contributed by atoms with E-state index in [0.29, 0.717) is 71.0 Å². The average molecular weight is 2140 g/mol. The van der Waals surface area contributed by atoms with Crippen LogP contribution >= 0.6 is 58.0 Å². The van der Waals surface area contributed by atoms with E-state index in [1.165, 1.54) is 302 Å². The van der Waals surface area contributed by atoms with Crippen molar-refractivity contribution in [3.05, 3.63) is 11.6 Å². The molecule has 0 heterocycles. The van der Waals surface area contributed by atoms with Crippen LogP contribution in [0.25, 0.3) is 0 Å². The summed E-state index contributed by atoms with van der Waals surface area (Å²) in [5.74, 6) is 18.1. The van der Waals surface area contributed by atoms with Gasteiger partial charge < -0.3 is 85.3 Å². The highest BCUT2D eigenvalue weighted by molar-refractivity contribution is 6.30. The summed E-state index contributed by atoms with van der Waals surface area (Å²) in [6, 6.07) is 1.44. The summed E-state index contributed by atoms with van der Waals surface area (Å²) in [5.41, 5.74) is 15.0. The highest BCUT2D eigenvalue weighted by Gasteiger charge is 2.67. The van der Waals surface area contributed by atoms with Crippen LogP contribution in [0.15, 0.2) is 11.6 Å². The Bertz CT molecular complexity index is 4020. The van der Waals surface area contributed by atoms with E-state index in [1.807, 2.05) is 0 Å². The van der Waals surface area contributed by atoms with Gasteiger partial charge in [-0.2, -0.15) is 0 Å². The highest BCUT2D eigenvalue weighted by Crippen LogP contribution is 2.75. The number of quaternary nitrogens is 2. The monoisotopic (exact) mass is 2130 g/mol. The molecule has 0 aliphatic heterocycles. The van der Waals surface area contributed by atoms with Gasteiger partial charge in [0.15, 0.2) is 5.60 Å². The van der Waals surface area contributed by atoms with E-state index in [4.69, 9.17) is 78.4 Å². The Morgan fingerprint density at radius 2 is 0.653 bits per heavy atom. The van der Waals surface area contributed by atoms with Crippen molar-refractivity contribution in [2.45, 2.75) is 519 Å². The molecule has 45 atom stereocenters. The lowest BCUT2D eigenvalue weighted by atomic mass is 9.45. The van der Waals surface area contributed by atoms with Gasteiger partial charge in [0, 0.05) is 24.6 Å². The first kappa shape index (κ1) is 122. The van der Waals surface area contributed by atoms with Crippen LogP contribution in [0, 0.1) is 207 Å². The molecule has 0 amide bonds. The average Bonchev–Trinajstić information content (AvgIpc) is 1.10. The molecule has 16 nitrogen and oxygen atoms in total. The standard InChI is InChI=1S/C21H35N.C19H30Cl2.2C19H31ClO.C19H31Cl.C19H33N.C6H8O7.ClH.5H3N/c1-4-14-6-8-18-17-7-5-15-13-16(22)9-11-21(15,3)19(17)10-12-20(14,18)2;1-18-8-3-4-14(18)13-6-5-12-10-16(20)17(21)11-19(12,2)15(13)7-9-18;2*1-18-8-3-4-14(18)13-6-5-12-10-17(21)16(20)11-19(12,2)15(13)7-9-18;2*1-18-9-3-4-16(18)15-6-5-13-12-14(20)7-11-19(13,2)17(15)8-10-18;7-3(8)1-6(13,5(11)12)2-4(9)10;;;;;;/h5,14,16-19H,4,6-13,22H2,1-3H3;12-17H,3-11H2,1-2H3;2*12-17,21H,3-11H2,1-2H3;13-17H,3-12H2,1-2H3;13-17H,3-12,20H2,1-2H3;13H,1-2H2,(H,7,8)(H,9,10)(H,11,12);1H;5*1H3/p+1/t14-,16+,17-,18-,19-,20+,21-;2*12-,13-,14-,15-,16+,17+,18-,19-;12-,13-,14-,15-,16+,17-,18-,19-;2*13?,14-,15-,16-,17-,18-,19-;;;;;;;/m000000......./s1. The number of alkyl halides is 5. The molecule has 2 unspecified atom stereocenters. The van der Waals surface area contributed by atoms with E-state index in [-0.39, 0.29) is 76.9 Å². The van der Waals surface area contributed by atoms with Gasteiger partial charge >= 0.3 is 17.9 Å². The zero-order valence-corrected chi connectivity index (χ0v) is 97.8. The minimum Gasteiger partial charge on any atom is -1.00 e. The number of rotatable bonds is 6. The minimum absolute atomic E-state index is 0. The zero-order chi connectivity index (χ0) is 98.6. The van der Waals surface area contributed by atoms with Crippen LogP contribution in [0.3, 0.4) is 0 Å². The lowest BCUT2D eigenvalue weighted by Gasteiger charge is -2.61. The van der Waals surface area contributed by atoms with Gasteiger partial charge in [-0.1, -0.05) is 140 Å². The topological polar surface area (TPSA) is 403 Å². The van der Waals surface area contributed by atoms with Crippen LogP contribution in [0.4, 0.5) is 0 Å². The van der Waals surface area contributed by atoms with E-state index in [9.17, 15) is 24.6 Å². The largest absolute Gasteiger partial charge is 1.00 e. The number of aliphatic hydroxyl groups excluding tert-OH is 2. The number of carbonyl (C=O) groups is 3. The Balaban J connectivity index is 0.000000149. The summed E-state index contributed by atoms with van der Waals surface area (Å²) in [7, 11) is 0. The second kappa shape index (κ2) is 46.6. The number of carboxylic acids is 3. The maximum absolute atomic E-state index is 10.3. The van der Waals surface area contributed by atoms with Crippen LogP contribution in [0.5, 0.6) is 0 Å². The molecular formula is C122H216Cl6N7O9+. The van der Waals surface area contributed by atoms with Crippen LogP contribution in [0.2, 0.25) is 0 Å². The third-order valence-corrected chi connectivity index (χ3v) is 54.7. The summed E-state index contributed by atoms with van der Waals surface area (Å²) in [4.78, 5) is 30.5. The Labute approximate surface area is 906 Å². The Morgan fingerprint density at radius 1 is 0.333 bits per heavy atom. The van der Waals surface area contributed by atoms with Crippen molar-refractivity contribution in [2.75, 3.05) is 0 Å². The van der Waals surface area contributed by atoms with Gasteiger partial charge in [0.25, 0.3) is 0 Å². The molecule has 27 N–H and O–H groups in total. The fraction of sp³-hybridized carbons (Fsp3) is 0.959. The molecule has 0 radical (unpaired) electrons. The van der Waals surface area contributed by atoms with Gasteiger partial charge in [-0.25, -0.2) is 4.79 Å². The summed E-state index contributed by atoms with van der Waals surface area (Å²) in [5, 5.41) is 55.0. The first-order valence-electron chi connectivity index (χ1n) is 59.5. The van der Waals surface area contributed by atoms with E-state index < -0.39 is 36.4 Å². The molecule has 23 fully saturated rings. The Hall–Kier alpha value is -0.510. The van der Waals surface area contributed by atoms with Crippen molar-refractivity contribution >= 4 is 75.9 Å². The van der Waals surface area contributed by atoms with Gasteiger partial charge in [-0.3, -0.25) is 9.59 Å². The molecule has 22 heteroatoms. The molecule has 24 aliphatic carbocycles. The number of halogens is 6. The minimum atomic E-state index is -2.74. The van der Waals surface area contributed by atoms with E-state index in [0.717, 1.165) is 192 Å². The van der Waals surface area contributed by atoms with Crippen molar-refractivity contribution < 1.29 is 68.9 Å². The van der Waals surface area contributed by atoms with E-state index in [1.54, 1.807) is 24.8 Å². The molecule has 834 valence electrons. The van der Waals surface area contributed by atoms with E-state index in [2.05, 4.69) is 108 Å². The SMILES string of the molecule is CC[C@H]1CC[C@H]2[C@@H]3CC=C4C[C@H]([NH3+])CC[C@]4(C)[C@H]3CC[C@]12C.C[C@@]12CCC[C@H]1[C@@H]1CCC3C[C@@H](Cl)CC[C@]3(C)[C@H]1CC2.C[C@@]12CCC[C@H]1[C@@H]1CCC3C[C@@H]([NH3+])CC[C@]3(C)[C@H]1CC2.C[C@@]12CCC[C@H]1[C@@H]1CC[C@H]3C[C@@H](Cl)[C@H](Cl)C[C@]3(C)[C@H]1CC2.C[C@@]12CCC[C@H]1[C@@H]1CC[C@H]3C[C@@H](O)[C@H](Cl)C[C@]3(C)[C@H]1CC2.C[C@@]12CCC[C@H]1[C@@H]1CC[C@H]3C[C@H](O)[C@H](Cl)C[C@]3(C)[C@H]1CC2.N.N.N.N.N.O=C(O)CC(O)(CC(=O)O)C(=O)O.[Cl-]. The highest BCUT2D eigenvalue weighted by atomic mass is 35.5. The Kier molecular flexibility index (Phi) is 39.5. The predicted molar refractivity (Wildman–Crippen MR) is 589 cm³/mol. The summed E-state index contributed by atoms with van der Waals surface area (Å²) in [6.07, 6.45) is 79.1. The lowest BCUT2D eigenvalue weighted by Crippen LogP contribution is -3.00. The van der Waals surface area contributed by atoms with Crippen LogP contribution in [-0.4, -0.2) is 105 Å². The molecule has 0 bridgehead atoms. The van der Waals surface area contributed by atoms with Crippen molar-refractivity contribution in [1.82, 2.24) is 30.8 Å². The first-order valence-corrected chi connectivity index (χ1v) is 61.6. The molecule has 0 saturated heterocycles. The second-order valence-electron chi connectivity index (χ2n) is 58.3. The number of aliphatic hydroxyl groups is 3. The van der Waals surface area contributed by atoms with Gasteiger partial charge in [0.05, 0.1) is 58.6 Å². The third kappa shape index (κ3) is 22.2. The number of hydrogen-bond acceptors (Lipinski definition) is 11. The van der Waals surface area contributed by atoms with Crippen molar-refractivity contribution in [1.29, 1.82) is 0 Å². The molecule has 0 aromatic rings. The Morgan fingerprint density at radius 3 is 1.02 bits per heavy atom. The lowest BCUT2D eigenvalue weighted by molar-refractivity contribution is -0.433. The predicted octanol–water partition coefficient (Wildman–Crippen LogP) is 27.4. The molecule has 144 heavy (non-hydrogen) atoms. The van der Waals surface area contributed by atoms with Crippen LogP contribution in [-0.2, 0) is 14.4 Å². The van der Waals surface area contributed by atoms with Crippen LogP contribution < -0.4 is 54.6 Å². The maximum Gasteiger partial charge on any atom is 0.336 e. The quantitative estimate of drug-likeness (QED) is 0.0869. The molecular weight excluding hydrogens is 1920 g/mol. The van der Waals surface area contributed by atoms with Crippen molar-refractivity contribution in [3.8, 4) is 0 Å². The number of aliphatic carboxylic acids is 3. The normalized spacial score (nSPS) is 51.8. The smallest absolute Gasteiger partial charge is 0.336 e. The molecule has 24 rings (SSSR count).